The number of ketones is 1. The Morgan fingerprint density at radius 2 is 1.57 bits per heavy atom. The number of halogens is 1. The van der Waals surface area contributed by atoms with Crippen LogP contribution >= 0.6 is 11.6 Å². The summed E-state index contributed by atoms with van der Waals surface area (Å²) in [7, 11) is 3.13. The predicted octanol–water partition coefficient (Wildman–Crippen LogP) is 5.47. The van der Waals surface area contributed by atoms with Gasteiger partial charge in [0.05, 0.1) is 24.8 Å². The molecule has 0 spiro atoms. The van der Waals surface area contributed by atoms with Crippen molar-refractivity contribution in [2.75, 3.05) is 14.2 Å². The van der Waals surface area contributed by atoms with Crippen LogP contribution in [0.1, 0.15) is 26.3 Å². The maximum atomic E-state index is 12.5. The second-order valence-electron chi connectivity index (χ2n) is 6.20. The molecule has 0 aromatic heterocycles. The van der Waals surface area contributed by atoms with Crippen molar-refractivity contribution < 1.29 is 23.8 Å². The first-order valence-electron chi connectivity index (χ1n) is 9.03. The molecule has 0 fully saturated rings. The molecular formula is C24H19ClO5. The third-order valence-electron chi connectivity index (χ3n) is 4.29. The average Bonchev–Trinajstić information content (AvgIpc) is 2.78. The zero-order chi connectivity index (χ0) is 21.5. The highest BCUT2D eigenvalue weighted by atomic mass is 35.5. The number of rotatable bonds is 7. The van der Waals surface area contributed by atoms with Gasteiger partial charge in [0, 0.05) is 11.1 Å². The molecular weight excluding hydrogens is 404 g/mol. The summed E-state index contributed by atoms with van der Waals surface area (Å²) in [5.74, 6) is 0.831. The lowest BCUT2D eigenvalue weighted by Gasteiger charge is -2.07. The van der Waals surface area contributed by atoms with Gasteiger partial charge in [0.15, 0.2) is 5.78 Å². The molecule has 0 saturated heterocycles. The summed E-state index contributed by atoms with van der Waals surface area (Å²) in [6.07, 6.45) is 3.11. The molecule has 5 nitrogen and oxygen atoms in total. The van der Waals surface area contributed by atoms with Crippen molar-refractivity contribution in [3.63, 3.8) is 0 Å². The number of ether oxygens (including phenoxy) is 3. The van der Waals surface area contributed by atoms with E-state index in [4.69, 9.17) is 25.8 Å². The van der Waals surface area contributed by atoms with Gasteiger partial charge in [0.2, 0.25) is 0 Å². The van der Waals surface area contributed by atoms with Crippen LogP contribution in [-0.2, 0) is 0 Å². The molecule has 0 heterocycles. The zero-order valence-electron chi connectivity index (χ0n) is 16.4. The van der Waals surface area contributed by atoms with Crippen LogP contribution < -0.4 is 14.2 Å². The summed E-state index contributed by atoms with van der Waals surface area (Å²) in [4.78, 5) is 24.7. The lowest BCUT2D eigenvalue weighted by Crippen LogP contribution is -2.09. The van der Waals surface area contributed by atoms with Crippen LogP contribution in [0.25, 0.3) is 6.08 Å². The fourth-order valence-electron chi connectivity index (χ4n) is 2.71. The molecule has 3 rings (SSSR count). The number of carbonyl (C=O) groups excluding carboxylic acids is 2. The maximum absolute atomic E-state index is 12.5. The Hall–Kier alpha value is -3.57. The highest BCUT2D eigenvalue weighted by Crippen LogP contribution is 2.25. The van der Waals surface area contributed by atoms with E-state index in [-0.39, 0.29) is 11.3 Å². The van der Waals surface area contributed by atoms with Crippen LogP contribution in [0.3, 0.4) is 0 Å². The summed E-state index contributed by atoms with van der Waals surface area (Å²) in [5.41, 5.74) is 1.44. The molecule has 0 unspecified atom stereocenters. The first-order valence-corrected chi connectivity index (χ1v) is 9.41. The van der Waals surface area contributed by atoms with Gasteiger partial charge in [-0.15, -0.1) is 0 Å². The molecule has 0 bridgehead atoms. The molecule has 0 aliphatic heterocycles. The van der Waals surface area contributed by atoms with Crippen LogP contribution in [-0.4, -0.2) is 26.0 Å². The fourth-order valence-corrected chi connectivity index (χ4v) is 2.92. The Balaban J connectivity index is 1.70. The molecule has 152 valence electrons. The second kappa shape index (κ2) is 9.76. The van der Waals surface area contributed by atoms with E-state index in [0.717, 1.165) is 5.56 Å². The number of allylic oxidation sites excluding steroid dienone is 1. The Morgan fingerprint density at radius 1 is 0.867 bits per heavy atom. The van der Waals surface area contributed by atoms with Gasteiger partial charge in [-0.2, -0.15) is 0 Å². The van der Waals surface area contributed by atoms with Crippen LogP contribution in [0.2, 0.25) is 5.02 Å². The van der Waals surface area contributed by atoms with Crippen LogP contribution in [0, 0.1) is 0 Å². The molecule has 0 aliphatic rings. The summed E-state index contributed by atoms with van der Waals surface area (Å²) < 4.78 is 15.8. The van der Waals surface area contributed by atoms with Gasteiger partial charge in [-0.3, -0.25) is 4.79 Å². The Bertz CT molecular complexity index is 1090. The van der Waals surface area contributed by atoms with Crippen molar-refractivity contribution in [2.24, 2.45) is 0 Å². The molecule has 0 atom stereocenters. The Labute approximate surface area is 179 Å². The average molecular weight is 423 g/mol. The molecule has 30 heavy (non-hydrogen) atoms. The third kappa shape index (κ3) is 5.07. The van der Waals surface area contributed by atoms with Crippen molar-refractivity contribution in [3.8, 4) is 17.2 Å². The van der Waals surface area contributed by atoms with Crippen molar-refractivity contribution in [3.05, 3.63) is 94.5 Å². The minimum Gasteiger partial charge on any atom is -0.497 e. The first-order chi connectivity index (χ1) is 14.5. The van der Waals surface area contributed by atoms with Gasteiger partial charge >= 0.3 is 5.97 Å². The standard InChI is InChI=1S/C24H19ClO5/c1-28-19-12-14-23(29-2)17(15-19)9-13-22(26)16-7-10-18(11-8-16)30-24(27)20-5-3-4-6-21(20)25/h3-15H,1-2H3/b13-9+. The normalized spacial score (nSPS) is 10.6. The third-order valence-corrected chi connectivity index (χ3v) is 4.62. The molecule has 0 N–H and O–H groups in total. The van der Waals surface area contributed by atoms with Gasteiger partial charge in [0.1, 0.15) is 17.2 Å². The topological polar surface area (TPSA) is 61.8 Å². The number of hydrogen-bond donors (Lipinski definition) is 0. The van der Waals surface area contributed by atoms with E-state index in [1.54, 1.807) is 87.0 Å². The maximum Gasteiger partial charge on any atom is 0.345 e. The van der Waals surface area contributed by atoms with Crippen molar-refractivity contribution in [1.29, 1.82) is 0 Å². The quantitative estimate of drug-likeness (QED) is 0.218. The van der Waals surface area contributed by atoms with E-state index in [1.165, 1.54) is 6.08 Å². The number of hydrogen-bond acceptors (Lipinski definition) is 5. The number of benzene rings is 3. The fraction of sp³-hybridized carbons (Fsp3) is 0.0833. The highest BCUT2D eigenvalue weighted by Gasteiger charge is 2.12. The molecule has 3 aromatic rings. The molecule has 0 saturated carbocycles. The molecule has 3 aromatic carbocycles. The van der Waals surface area contributed by atoms with E-state index in [2.05, 4.69) is 0 Å². The SMILES string of the molecule is COc1ccc(OC)c(/C=C/C(=O)c2ccc(OC(=O)c3ccccc3Cl)cc2)c1. The van der Waals surface area contributed by atoms with Crippen LogP contribution in [0.15, 0.2) is 72.8 Å². The van der Waals surface area contributed by atoms with E-state index < -0.39 is 5.97 Å². The van der Waals surface area contributed by atoms with E-state index >= 15 is 0 Å². The summed E-state index contributed by atoms with van der Waals surface area (Å²) in [6.45, 7) is 0. The molecule has 0 amide bonds. The molecule has 0 radical (unpaired) electrons. The monoisotopic (exact) mass is 422 g/mol. The van der Waals surface area contributed by atoms with Gasteiger partial charge < -0.3 is 14.2 Å². The van der Waals surface area contributed by atoms with Crippen molar-refractivity contribution in [2.45, 2.75) is 0 Å². The number of esters is 1. The van der Waals surface area contributed by atoms with Gasteiger partial charge in [-0.25, -0.2) is 4.79 Å². The Kier molecular flexibility index (Phi) is 6.88. The van der Waals surface area contributed by atoms with Crippen LogP contribution in [0.4, 0.5) is 0 Å². The largest absolute Gasteiger partial charge is 0.497 e. The molecule has 0 aliphatic carbocycles. The van der Waals surface area contributed by atoms with Crippen molar-refractivity contribution >= 4 is 29.4 Å². The lowest BCUT2D eigenvalue weighted by molar-refractivity contribution is 0.0735. The molecule has 6 heteroatoms. The second-order valence-corrected chi connectivity index (χ2v) is 6.61. The van der Waals surface area contributed by atoms with E-state index in [1.807, 2.05) is 0 Å². The van der Waals surface area contributed by atoms with Crippen LogP contribution in [0.5, 0.6) is 17.2 Å². The summed E-state index contributed by atoms with van der Waals surface area (Å²) >= 11 is 6.01. The Morgan fingerprint density at radius 3 is 2.23 bits per heavy atom. The summed E-state index contributed by atoms with van der Waals surface area (Å²) in [5, 5.41) is 0.312. The highest BCUT2D eigenvalue weighted by molar-refractivity contribution is 6.33. The van der Waals surface area contributed by atoms with Gasteiger partial charge in [-0.05, 0) is 66.7 Å². The first kappa shape index (κ1) is 21.1. The van der Waals surface area contributed by atoms with Gasteiger partial charge in [-0.1, -0.05) is 23.7 Å². The smallest absolute Gasteiger partial charge is 0.345 e. The van der Waals surface area contributed by atoms with Crippen molar-refractivity contribution in [1.82, 2.24) is 0 Å². The van der Waals surface area contributed by atoms with E-state index in [0.29, 0.717) is 27.8 Å². The van der Waals surface area contributed by atoms with E-state index in [9.17, 15) is 9.59 Å². The van der Waals surface area contributed by atoms with Gasteiger partial charge in [0.25, 0.3) is 0 Å². The predicted molar refractivity (Wildman–Crippen MR) is 116 cm³/mol. The minimum absolute atomic E-state index is 0.205. The zero-order valence-corrected chi connectivity index (χ0v) is 17.2. The summed E-state index contributed by atoms with van der Waals surface area (Å²) in [6, 6.07) is 18.2. The number of methoxy groups -OCH3 is 2. The lowest BCUT2D eigenvalue weighted by atomic mass is 10.1. The minimum atomic E-state index is -0.565. The number of carbonyl (C=O) groups is 2.